The second kappa shape index (κ2) is 4.60. The Balaban J connectivity index is 3.27. The largest absolute Gasteiger partial charge is 0.479 e. The second-order valence-corrected chi connectivity index (χ2v) is 2.28. The molecule has 5 heteroatoms. The van der Waals surface area contributed by atoms with Crippen LogP contribution in [0.15, 0.2) is 0 Å². The van der Waals surface area contributed by atoms with E-state index >= 15 is 0 Å². The number of carbonyl (C=O) groups is 1. The van der Waals surface area contributed by atoms with Gasteiger partial charge in [-0.1, -0.05) is 11.8 Å². The van der Waals surface area contributed by atoms with E-state index in [1.807, 2.05) is 0 Å². The third-order valence-electron chi connectivity index (χ3n) is 0.555. The maximum Gasteiger partial charge on any atom is 0.343 e. The molecule has 0 radical (unpaired) electrons. The number of aliphatic hydroxyl groups excluding tert-OH is 1. The molecule has 2 N–H and O–H groups in total. The number of carboxylic acids is 1. The summed E-state index contributed by atoms with van der Waals surface area (Å²) in [7, 11) is 1.43. The number of aliphatic carboxylic acids is 1. The molecule has 0 saturated carbocycles. The number of thioether (sulfide) groups is 1. The van der Waals surface area contributed by atoms with Gasteiger partial charge in [-0.05, 0) is 0 Å². The van der Waals surface area contributed by atoms with Crippen LogP contribution in [0.2, 0.25) is 0 Å². The molecule has 0 aromatic carbocycles. The van der Waals surface area contributed by atoms with Crippen LogP contribution in [0.5, 0.6) is 0 Å². The van der Waals surface area contributed by atoms with Gasteiger partial charge in [0.2, 0.25) is 0 Å². The monoisotopic (exact) mass is 152 g/mol. The molecule has 0 aliphatic rings. The first-order valence-electron chi connectivity index (χ1n) is 2.20. The predicted molar refractivity (Wildman–Crippen MR) is 33.1 cm³/mol. The minimum atomic E-state index is -1.37. The fraction of sp³-hybridized carbons (Fsp3) is 0.750. The van der Waals surface area contributed by atoms with Gasteiger partial charge >= 0.3 is 5.97 Å². The van der Waals surface area contributed by atoms with E-state index in [0.29, 0.717) is 0 Å². The minimum absolute atomic E-state index is 0.188. The molecule has 9 heavy (non-hydrogen) atoms. The Morgan fingerprint density at radius 2 is 2.44 bits per heavy atom. The van der Waals surface area contributed by atoms with Crippen LogP contribution in [0, 0.1) is 0 Å². The summed E-state index contributed by atoms with van der Waals surface area (Å²) in [5.74, 6) is -1.05. The Morgan fingerprint density at radius 1 is 1.89 bits per heavy atom. The normalized spacial score (nSPS) is 13.1. The van der Waals surface area contributed by atoms with Crippen molar-refractivity contribution in [2.75, 3.05) is 13.0 Å². The van der Waals surface area contributed by atoms with Gasteiger partial charge in [0.25, 0.3) is 0 Å². The summed E-state index contributed by atoms with van der Waals surface area (Å²) in [5.41, 5.74) is -1.37. The van der Waals surface area contributed by atoms with Gasteiger partial charge in [0, 0.05) is 7.11 Å². The Bertz CT molecular complexity index is 94.6. The third-order valence-corrected chi connectivity index (χ3v) is 1.44. The average molecular weight is 152 g/mol. The predicted octanol–water partition coefficient (Wildman–Crippen LogP) is -0.273. The van der Waals surface area contributed by atoms with Crippen molar-refractivity contribution < 1.29 is 19.7 Å². The lowest BCUT2D eigenvalue weighted by atomic mass is 10.7. The lowest BCUT2D eigenvalue weighted by Gasteiger charge is -2.01. The molecule has 0 bridgehead atoms. The van der Waals surface area contributed by atoms with Crippen molar-refractivity contribution in [3.8, 4) is 0 Å². The molecule has 1 unspecified atom stereocenters. The molecule has 4 nitrogen and oxygen atoms in total. The zero-order valence-electron chi connectivity index (χ0n) is 4.90. The number of hydrogen-bond donors (Lipinski definition) is 2. The van der Waals surface area contributed by atoms with Gasteiger partial charge in [0.15, 0.2) is 5.44 Å². The van der Waals surface area contributed by atoms with Crippen molar-refractivity contribution in [1.82, 2.24) is 0 Å². The zero-order chi connectivity index (χ0) is 7.28. The van der Waals surface area contributed by atoms with E-state index in [0.717, 1.165) is 11.8 Å². The highest BCUT2D eigenvalue weighted by molar-refractivity contribution is 8.00. The number of carboxylic acid groups (broad SMARTS) is 1. The van der Waals surface area contributed by atoms with E-state index in [9.17, 15) is 4.79 Å². The van der Waals surface area contributed by atoms with Crippen molar-refractivity contribution in [2.24, 2.45) is 0 Å². The maximum absolute atomic E-state index is 9.88. The number of aliphatic hydroxyl groups is 1. The van der Waals surface area contributed by atoms with Crippen LogP contribution in [0.25, 0.3) is 0 Å². The Hall–Kier alpha value is -0.260. The third kappa shape index (κ3) is 4.26. The molecular weight excluding hydrogens is 144 g/mol. The summed E-state index contributed by atoms with van der Waals surface area (Å²) in [4.78, 5) is 9.88. The molecular formula is C4H8O4S. The quantitative estimate of drug-likeness (QED) is 0.542. The fourth-order valence-corrected chi connectivity index (χ4v) is 0.611. The molecule has 0 saturated heterocycles. The van der Waals surface area contributed by atoms with Crippen molar-refractivity contribution >= 4 is 17.7 Å². The van der Waals surface area contributed by atoms with Crippen LogP contribution < -0.4 is 0 Å². The smallest absolute Gasteiger partial charge is 0.343 e. The fourth-order valence-electron chi connectivity index (χ4n) is 0.204. The van der Waals surface area contributed by atoms with Gasteiger partial charge in [-0.15, -0.1) is 0 Å². The highest BCUT2D eigenvalue weighted by Crippen LogP contribution is 2.06. The average Bonchev–Trinajstić information content (AvgIpc) is 1.82. The summed E-state index contributed by atoms with van der Waals surface area (Å²) < 4.78 is 4.50. The topological polar surface area (TPSA) is 66.8 Å². The van der Waals surface area contributed by atoms with Crippen LogP contribution in [0.4, 0.5) is 0 Å². The molecule has 0 heterocycles. The number of hydrogen-bond acceptors (Lipinski definition) is 4. The van der Waals surface area contributed by atoms with Crippen LogP contribution in [-0.4, -0.2) is 34.7 Å². The Labute approximate surface area is 56.8 Å². The van der Waals surface area contributed by atoms with Gasteiger partial charge < -0.3 is 14.9 Å². The number of rotatable bonds is 4. The highest BCUT2D eigenvalue weighted by Gasteiger charge is 2.11. The lowest BCUT2D eigenvalue weighted by molar-refractivity contribution is -0.141. The molecule has 0 aliphatic carbocycles. The summed E-state index contributed by atoms with van der Waals surface area (Å²) in [5, 5.41) is 16.6. The van der Waals surface area contributed by atoms with E-state index in [1.54, 1.807) is 0 Å². The highest BCUT2D eigenvalue weighted by atomic mass is 32.2. The first kappa shape index (κ1) is 8.74. The van der Waals surface area contributed by atoms with Crippen molar-refractivity contribution in [2.45, 2.75) is 5.44 Å². The van der Waals surface area contributed by atoms with Gasteiger partial charge in [-0.2, -0.15) is 0 Å². The van der Waals surface area contributed by atoms with E-state index in [4.69, 9.17) is 10.2 Å². The molecule has 1 atom stereocenters. The first-order chi connectivity index (χ1) is 4.18. The van der Waals surface area contributed by atoms with Crippen LogP contribution in [0.3, 0.4) is 0 Å². The van der Waals surface area contributed by atoms with Crippen molar-refractivity contribution in [3.63, 3.8) is 0 Å². The van der Waals surface area contributed by atoms with Gasteiger partial charge in [0.05, 0.1) is 5.94 Å². The summed E-state index contributed by atoms with van der Waals surface area (Å²) >= 11 is 0.818. The van der Waals surface area contributed by atoms with E-state index in [1.165, 1.54) is 7.11 Å². The standard InChI is InChI=1S/C4H8O4S/c1-8-2-9-4(7)3(5)6/h4,7H,2H2,1H3,(H,5,6). The Morgan fingerprint density at radius 3 is 2.78 bits per heavy atom. The van der Waals surface area contributed by atoms with Gasteiger partial charge in [0.1, 0.15) is 0 Å². The molecule has 54 valence electrons. The van der Waals surface area contributed by atoms with Gasteiger partial charge in [-0.3, -0.25) is 0 Å². The molecule has 0 amide bonds. The van der Waals surface area contributed by atoms with E-state index in [2.05, 4.69) is 4.74 Å². The lowest BCUT2D eigenvalue weighted by Crippen LogP contribution is -2.15. The summed E-state index contributed by atoms with van der Waals surface area (Å²) in [6.07, 6.45) is 0. The molecule has 0 aromatic heterocycles. The maximum atomic E-state index is 9.88. The SMILES string of the molecule is COCSC(O)C(=O)O. The van der Waals surface area contributed by atoms with Crippen LogP contribution >= 0.6 is 11.8 Å². The minimum Gasteiger partial charge on any atom is -0.479 e. The van der Waals surface area contributed by atoms with Crippen molar-refractivity contribution in [3.05, 3.63) is 0 Å². The zero-order valence-corrected chi connectivity index (χ0v) is 5.72. The summed E-state index contributed by atoms with van der Waals surface area (Å²) in [6, 6.07) is 0. The van der Waals surface area contributed by atoms with Crippen LogP contribution in [0.1, 0.15) is 0 Å². The first-order valence-corrected chi connectivity index (χ1v) is 3.24. The summed E-state index contributed by atoms with van der Waals surface area (Å²) in [6.45, 7) is 0. The van der Waals surface area contributed by atoms with Crippen LogP contribution in [-0.2, 0) is 9.53 Å². The Kier molecular flexibility index (Phi) is 4.47. The molecule has 0 fully saturated rings. The van der Waals surface area contributed by atoms with Crippen molar-refractivity contribution in [1.29, 1.82) is 0 Å². The molecule has 0 spiro atoms. The molecule has 0 aromatic rings. The van der Waals surface area contributed by atoms with E-state index < -0.39 is 11.4 Å². The van der Waals surface area contributed by atoms with E-state index in [-0.39, 0.29) is 5.94 Å². The number of methoxy groups -OCH3 is 1. The second-order valence-electron chi connectivity index (χ2n) is 1.26. The van der Waals surface area contributed by atoms with Gasteiger partial charge in [-0.25, -0.2) is 4.79 Å². The molecule has 0 aliphatic heterocycles. The number of ether oxygens (including phenoxy) is 1. The molecule has 0 rings (SSSR count).